The quantitative estimate of drug-likeness (QED) is 0.570. The molecule has 0 heterocycles. The van der Waals surface area contributed by atoms with E-state index in [0.717, 1.165) is 12.1 Å². The summed E-state index contributed by atoms with van der Waals surface area (Å²) < 4.78 is 12.0. The minimum Gasteiger partial charge on any atom is -0.502 e. The molecular formula is C8H8FNO4. The fourth-order valence-electron chi connectivity index (χ4n) is 0.983. The van der Waals surface area contributed by atoms with Crippen molar-refractivity contribution in [2.75, 3.05) is 6.67 Å². The fraction of sp³-hybridized carbons (Fsp3) is 0.250. The zero-order valence-electron chi connectivity index (χ0n) is 7.05. The highest BCUT2D eigenvalue weighted by Crippen LogP contribution is 2.28. The van der Waals surface area contributed by atoms with E-state index in [9.17, 15) is 14.5 Å². The van der Waals surface area contributed by atoms with Gasteiger partial charge in [-0.3, -0.25) is 10.1 Å². The van der Waals surface area contributed by atoms with Gasteiger partial charge in [-0.25, -0.2) is 4.39 Å². The molecule has 0 saturated heterocycles. The summed E-state index contributed by atoms with van der Waals surface area (Å²) in [5.41, 5.74) is -0.480. The van der Waals surface area contributed by atoms with E-state index in [2.05, 4.69) is 0 Å². The van der Waals surface area contributed by atoms with Crippen LogP contribution in [0.25, 0.3) is 0 Å². The number of nitro benzene ring substituents is 1. The van der Waals surface area contributed by atoms with Gasteiger partial charge in [-0.1, -0.05) is 6.07 Å². The van der Waals surface area contributed by atoms with E-state index >= 15 is 0 Å². The molecule has 0 aromatic heterocycles. The summed E-state index contributed by atoms with van der Waals surface area (Å²) >= 11 is 0. The first-order valence-electron chi connectivity index (χ1n) is 3.77. The second kappa shape index (κ2) is 4.01. The molecular weight excluding hydrogens is 193 g/mol. The highest BCUT2D eigenvalue weighted by molar-refractivity contribution is 5.48. The van der Waals surface area contributed by atoms with Crippen LogP contribution in [0.5, 0.6) is 5.75 Å². The smallest absolute Gasteiger partial charge is 0.311 e. The molecule has 0 aliphatic carbocycles. The monoisotopic (exact) mass is 201 g/mol. The predicted octanol–water partition coefficient (Wildman–Crippen LogP) is 1.30. The maximum atomic E-state index is 12.0. The van der Waals surface area contributed by atoms with Gasteiger partial charge in [0.05, 0.1) is 4.92 Å². The van der Waals surface area contributed by atoms with Gasteiger partial charge < -0.3 is 10.2 Å². The van der Waals surface area contributed by atoms with Crippen molar-refractivity contribution < 1.29 is 19.5 Å². The number of alkyl halides is 1. The summed E-state index contributed by atoms with van der Waals surface area (Å²) in [6.07, 6.45) is -1.39. The average molecular weight is 201 g/mol. The third kappa shape index (κ3) is 1.97. The molecule has 1 atom stereocenters. The molecule has 0 saturated carbocycles. The number of halogens is 1. The van der Waals surface area contributed by atoms with Crippen molar-refractivity contribution in [1.29, 1.82) is 0 Å². The second-order valence-corrected chi connectivity index (χ2v) is 2.68. The maximum Gasteiger partial charge on any atom is 0.311 e. The molecule has 0 bridgehead atoms. The number of hydrogen-bond donors (Lipinski definition) is 2. The summed E-state index contributed by atoms with van der Waals surface area (Å²) in [5.74, 6) is -0.509. The van der Waals surface area contributed by atoms with Crippen LogP contribution in [0.15, 0.2) is 18.2 Å². The number of nitrogens with zero attached hydrogens (tertiary/aromatic N) is 1. The Balaban J connectivity index is 3.12. The van der Waals surface area contributed by atoms with E-state index < -0.39 is 29.1 Å². The lowest BCUT2D eigenvalue weighted by Gasteiger charge is -2.05. The lowest BCUT2D eigenvalue weighted by atomic mass is 10.1. The first kappa shape index (κ1) is 10.4. The van der Waals surface area contributed by atoms with E-state index in [-0.39, 0.29) is 5.56 Å². The molecule has 6 heteroatoms. The Hall–Kier alpha value is -1.69. The summed E-state index contributed by atoms with van der Waals surface area (Å²) in [6, 6.07) is 3.22. The minimum absolute atomic E-state index is 0.0667. The van der Waals surface area contributed by atoms with Gasteiger partial charge >= 0.3 is 5.69 Å². The molecule has 1 unspecified atom stereocenters. The molecule has 1 rings (SSSR count). The van der Waals surface area contributed by atoms with Gasteiger partial charge in [0.1, 0.15) is 12.8 Å². The van der Waals surface area contributed by atoms with Crippen molar-refractivity contribution >= 4 is 5.69 Å². The Morgan fingerprint density at radius 2 is 2.21 bits per heavy atom. The lowest BCUT2D eigenvalue weighted by Crippen LogP contribution is -2.00. The Kier molecular flexibility index (Phi) is 2.98. The highest BCUT2D eigenvalue weighted by Gasteiger charge is 2.16. The SMILES string of the molecule is O=[N+]([O-])c1cc(C(O)CF)ccc1O. The molecule has 0 radical (unpaired) electrons. The van der Waals surface area contributed by atoms with E-state index in [1.54, 1.807) is 0 Å². The van der Waals surface area contributed by atoms with Crippen LogP contribution in [-0.4, -0.2) is 21.8 Å². The molecule has 0 aliphatic heterocycles. The zero-order chi connectivity index (χ0) is 10.7. The van der Waals surface area contributed by atoms with Gasteiger partial charge in [-0.2, -0.15) is 0 Å². The Morgan fingerprint density at radius 3 is 2.71 bits per heavy atom. The zero-order valence-corrected chi connectivity index (χ0v) is 7.05. The third-order valence-corrected chi connectivity index (χ3v) is 1.73. The standard InChI is InChI=1S/C8H8FNO4/c9-4-8(12)5-1-2-7(11)6(3-5)10(13)14/h1-3,8,11-12H,4H2. The topological polar surface area (TPSA) is 83.6 Å². The number of aromatic hydroxyl groups is 1. The van der Waals surface area contributed by atoms with Crippen LogP contribution in [0.4, 0.5) is 10.1 Å². The van der Waals surface area contributed by atoms with Crippen LogP contribution in [0.2, 0.25) is 0 Å². The van der Waals surface area contributed by atoms with Crippen LogP contribution < -0.4 is 0 Å². The van der Waals surface area contributed by atoms with Crippen molar-refractivity contribution in [1.82, 2.24) is 0 Å². The number of nitro groups is 1. The molecule has 0 amide bonds. The molecule has 1 aromatic carbocycles. The predicted molar refractivity (Wildman–Crippen MR) is 45.7 cm³/mol. The number of rotatable bonds is 3. The molecule has 14 heavy (non-hydrogen) atoms. The van der Waals surface area contributed by atoms with Crippen LogP contribution in [0.1, 0.15) is 11.7 Å². The number of aliphatic hydroxyl groups excluding tert-OH is 1. The number of benzene rings is 1. The van der Waals surface area contributed by atoms with Gasteiger partial charge in [0.2, 0.25) is 0 Å². The summed E-state index contributed by atoms with van der Waals surface area (Å²) in [5, 5.41) is 28.4. The van der Waals surface area contributed by atoms with Crippen molar-refractivity contribution in [3.8, 4) is 5.75 Å². The van der Waals surface area contributed by atoms with Gasteiger partial charge in [-0.05, 0) is 11.6 Å². The molecule has 0 aliphatic rings. The largest absolute Gasteiger partial charge is 0.502 e. The Labute approximate surface area is 78.6 Å². The van der Waals surface area contributed by atoms with Gasteiger partial charge in [0.25, 0.3) is 0 Å². The van der Waals surface area contributed by atoms with E-state index in [4.69, 9.17) is 10.2 Å². The number of phenolic OH excluding ortho intramolecular Hbond substituents is 1. The first-order valence-corrected chi connectivity index (χ1v) is 3.77. The van der Waals surface area contributed by atoms with Crippen LogP contribution in [0.3, 0.4) is 0 Å². The molecule has 5 nitrogen and oxygen atoms in total. The summed E-state index contributed by atoms with van der Waals surface area (Å²) in [7, 11) is 0. The van der Waals surface area contributed by atoms with Crippen LogP contribution in [0, 0.1) is 10.1 Å². The van der Waals surface area contributed by atoms with Crippen molar-refractivity contribution in [3.05, 3.63) is 33.9 Å². The molecule has 1 aromatic rings. The summed E-state index contributed by atoms with van der Waals surface area (Å²) in [6.45, 7) is -1.03. The molecule has 0 fully saturated rings. The van der Waals surface area contributed by atoms with Crippen molar-refractivity contribution in [2.45, 2.75) is 6.10 Å². The van der Waals surface area contributed by atoms with E-state index in [1.807, 2.05) is 0 Å². The summed E-state index contributed by atoms with van der Waals surface area (Å²) in [4.78, 5) is 9.55. The van der Waals surface area contributed by atoms with Crippen molar-refractivity contribution in [2.24, 2.45) is 0 Å². The fourth-order valence-corrected chi connectivity index (χ4v) is 0.983. The number of phenols is 1. The van der Waals surface area contributed by atoms with Gasteiger partial charge in [0.15, 0.2) is 5.75 Å². The third-order valence-electron chi connectivity index (χ3n) is 1.73. The maximum absolute atomic E-state index is 12.0. The van der Waals surface area contributed by atoms with Crippen LogP contribution in [-0.2, 0) is 0 Å². The highest BCUT2D eigenvalue weighted by atomic mass is 19.1. The Bertz CT molecular complexity index is 355. The van der Waals surface area contributed by atoms with Crippen LogP contribution >= 0.6 is 0 Å². The average Bonchev–Trinajstić information content (AvgIpc) is 2.17. The van der Waals surface area contributed by atoms with E-state index in [1.165, 1.54) is 6.07 Å². The molecule has 0 spiro atoms. The van der Waals surface area contributed by atoms with Gasteiger partial charge in [0, 0.05) is 6.07 Å². The second-order valence-electron chi connectivity index (χ2n) is 2.68. The molecule has 2 N–H and O–H groups in total. The lowest BCUT2D eigenvalue weighted by molar-refractivity contribution is -0.386. The first-order chi connectivity index (χ1) is 6.56. The Morgan fingerprint density at radius 1 is 1.57 bits per heavy atom. The van der Waals surface area contributed by atoms with Crippen molar-refractivity contribution in [3.63, 3.8) is 0 Å². The minimum atomic E-state index is -1.39. The van der Waals surface area contributed by atoms with E-state index in [0.29, 0.717) is 0 Å². The molecule has 76 valence electrons. The number of aliphatic hydroxyl groups is 1. The normalized spacial score (nSPS) is 12.4. The van der Waals surface area contributed by atoms with Gasteiger partial charge in [-0.15, -0.1) is 0 Å². The number of hydrogen-bond acceptors (Lipinski definition) is 4.